The fraction of sp³-hybridized carbons (Fsp3) is 0.600. The van der Waals surface area contributed by atoms with Crippen molar-refractivity contribution in [1.82, 2.24) is 4.98 Å². The number of carbonyl (C=O) groups is 1. The number of nitrogens with zero attached hydrogens (tertiary/aromatic N) is 1. The van der Waals surface area contributed by atoms with E-state index in [1.807, 2.05) is 0 Å². The molecule has 1 aliphatic rings. The van der Waals surface area contributed by atoms with Crippen LogP contribution in [0.15, 0.2) is 12.3 Å². The number of aromatic nitrogens is 1. The molecule has 1 aromatic rings. The van der Waals surface area contributed by atoms with Gasteiger partial charge < -0.3 is 15.8 Å². The lowest BCUT2D eigenvalue weighted by atomic mass is 9.74. The molecule has 0 atom stereocenters. The van der Waals surface area contributed by atoms with Crippen LogP contribution < -0.4 is 11.1 Å². The third-order valence-electron chi connectivity index (χ3n) is 4.29. The quantitative estimate of drug-likeness (QED) is 0.836. The molecule has 1 fully saturated rings. The summed E-state index contributed by atoms with van der Waals surface area (Å²) in [4.78, 5) is 16.0. The van der Waals surface area contributed by atoms with E-state index in [4.69, 9.17) is 22.1 Å². The first-order valence-electron chi connectivity index (χ1n) is 7.18. The van der Waals surface area contributed by atoms with Crippen molar-refractivity contribution in [2.24, 2.45) is 11.1 Å². The Hall–Kier alpha value is -1.33. The summed E-state index contributed by atoms with van der Waals surface area (Å²) < 4.78 is 4.78. The van der Waals surface area contributed by atoms with Crippen molar-refractivity contribution >= 4 is 23.4 Å². The summed E-state index contributed by atoms with van der Waals surface area (Å²) in [6.07, 6.45) is 5.70. The fourth-order valence-electron chi connectivity index (χ4n) is 2.68. The summed E-state index contributed by atoms with van der Waals surface area (Å²) in [6, 6.07) is 1.87. The highest BCUT2D eigenvalue weighted by Gasteiger charge is 2.30. The van der Waals surface area contributed by atoms with E-state index in [1.165, 1.54) is 13.3 Å². The van der Waals surface area contributed by atoms with Gasteiger partial charge in [0.1, 0.15) is 11.4 Å². The number of methoxy groups -OCH3 is 1. The minimum atomic E-state index is -0.435. The van der Waals surface area contributed by atoms with Gasteiger partial charge in [-0.1, -0.05) is 18.5 Å². The molecule has 1 aliphatic carbocycles. The Morgan fingerprint density at radius 2 is 2.24 bits per heavy atom. The van der Waals surface area contributed by atoms with E-state index in [9.17, 15) is 4.79 Å². The first kappa shape index (κ1) is 16.0. The zero-order chi connectivity index (χ0) is 15.5. The van der Waals surface area contributed by atoms with Crippen LogP contribution in [0.1, 0.15) is 43.0 Å². The third-order valence-corrected chi connectivity index (χ3v) is 4.49. The van der Waals surface area contributed by atoms with Crippen LogP contribution in [-0.2, 0) is 4.74 Å². The van der Waals surface area contributed by atoms with Crippen LogP contribution in [0.5, 0.6) is 0 Å². The number of hydrogen-bond donors (Lipinski definition) is 2. The molecular weight excluding hydrogens is 290 g/mol. The smallest absolute Gasteiger partial charge is 0.341 e. The van der Waals surface area contributed by atoms with Crippen molar-refractivity contribution in [2.45, 2.75) is 38.6 Å². The first-order chi connectivity index (χ1) is 9.97. The molecule has 116 valence electrons. The zero-order valence-electron chi connectivity index (χ0n) is 12.5. The van der Waals surface area contributed by atoms with Crippen LogP contribution in [0.25, 0.3) is 0 Å². The number of anilines is 1. The lowest BCUT2D eigenvalue weighted by molar-refractivity contribution is 0.0601. The molecule has 2 rings (SSSR count). The third kappa shape index (κ3) is 3.86. The van der Waals surface area contributed by atoms with Gasteiger partial charge in [0.2, 0.25) is 0 Å². The number of nitrogens with two attached hydrogens (primary N) is 1. The molecule has 1 heterocycles. The topological polar surface area (TPSA) is 77.2 Å². The summed E-state index contributed by atoms with van der Waals surface area (Å²) in [5.41, 5.74) is 6.43. The Balaban J connectivity index is 2.09. The Kier molecular flexibility index (Phi) is 5.06. The molecule has 0 unspecified atom stereocenters. The number of nitrogens with one attached hydrogen (secondary N) is 1. The van der Waals surface area contributed by atoms with Crippen molar-refractivity contribution < 1.29 is 9.53 Å². The second kappa shape index (κ2) is 6.62. The van der Waals surface area contributed by atoms with Crippen molar-refractivity contribution in [1.29, 1.82) is 0 Å². The summed E-state index contributed by atoms with van der Waals surface area (Å²) in [5.74, 6) is 0.0997. The van der Waals surface area contributed by atoms with E-state index >= 15 is 0 Å². The molecule has 3 N–H and O–H groups in total. The lowest BCUT2D eigenvalue weighted by Crippen LogP contribution is -2.36. The van der Waals surface area contributed by atoms with E-state index in [0.29, 0.717) is 29.0 Å². The number of hydrogen-bond acceptors (Lipinski definition) is 5. The number of pyridine rings is 1. The van der Waals surface area contributed by atoms with Gasteiger partial charge in [-0.15, -0.1) is 0 Å². The SMILES string of the molecule is COC(=O)c1cc(Cl)cnc1NC1CCC(C)(CN)CC1. The highest BCUT2D eigenvalue weighted by atomic mass is 35.5. The van der Waals surface area contributed by atoms with Crippen molar-refractivity contribution in [3.05, 3.63) is 22.8 Å². The monoisotopic (exact) mass is 311 g/mol. The van der Waals surface area contributed by atoms with Crippen LogP contribution in [0.3, 0.4) is 0 Å². The molecule has 0 aromatic carbocycles. The second-order valence-corrected chi connectivity index (χ2v) is 6.41. The van der Waals surface area contributed by atoms with Gasteiger partial charge in [-0.25, -0.2) is 9.78 Å². The molecule has 1 saturated carbocycles. The number of carbonyl (C=O) groups excluding carboxylic acids is 1. The van der Waals surface area contributed by atoms with Crippen molar-refractivity contribution in [2.75, 3.05) is 19.0 Å². The standard InChI is InChI=1S/C15H22ClN3O2/c1-15(9-17)5-3-11(4-6-15)19-13-12(14(20)21-2)7-10(16)8-18-13/h7-8,11H,3-6,9,17H2,1-2H3,(H,18,19). The summed E-state index contributed by atoms with van der Waals surface area (Å²) >= 11 is 5.90. The van der Waals surface area contributed by atoms with Gasteiger partial charge in [0.15, 0.2) is 0 Å². The second-order valence-electron chi connectivity index (χ2n) is 5.97. The number of esters is 1. The highest BCUT2D eigenvalue weighted by Crippen LogP contribution is 2.36. The van der Waals surface area contributed by atoms with Gasteiger partial charge in [-0.3, -0.25) is 0 Å². The van der Waals surface area contributed by atoms with Crippen LogP contribution in [0.4, 0.5) is 5.82 Å². The summed E-state index contributed by atoms with van der Waals surface area (Å²) in [5, 5.41) is 3.76. The Labute approximate surface area is 130 Å². The maximum absolute atomic E-state index is 11.8. The molecule has 1 aromatic heterocycles. The average Bonchev–Trinajstić information content (AvgIpc) is 2.50. The number of ether oxygens (including phenoxy) is 1. The highest BCUT2D eigenvalue weighted by molar-refractivity contribution is 6.30. The predicted molar refractivity (Wildman–Crippen MR) is 83.6 cm³/mol. The molecule has 0 bridgehead atoms. The molecule has 0 amide bonds. The largest absolute Gasteiger partial charge is 0.465 e. The summed E-state index contributed by atoms with van der Waals surface area (Å²) in [6.45, 7) is 2.94. The van der Waals surface area contributed by atoms with Crippen LogP contribution in [-0.4, -0.2) is 30.6 Å². The predicted octanol–water partition coefficient (Wildman–Crippen LogP) is 2.84. The minimum absolute atomic E-state index is 0.233. The van der Waals surface area contributed by atoms with Crippen molar-refractivity contribution in [3.63, 3.8) is 0 Å². The number of rotatable bonds is 4. The maximum Gasteiger partial charge on any atom is 0.341 e. The normalized spacial score (nSPS) is 25.4. The van der Waals surface area contributed by atoms with Gasteiger partial charge in [0.25, 0.3) is 0 Å². The molecule has 5 nitrogen and oxygen atoms in total. The van der Waals surface area contributed by atoms with Gasteiger partial charge in [-0.2, -0.15) is 0 Å². The van der Waals surface area contributed by atoms with E-state index in [0.717, 1.165) is 25.7 Å². The molecule has 0 radical (unpaired) electrons. The molecule has 6 heteroatoms. The lowest BCUT2D eigenvalue weighted by Gasteiger charge is -2.37. The van der Waals surface area contributed by atoms with Gasteiger partial charge in [0, 0.05) is 12.2 Å². The Bertz CT molecular complexity index is 514. The van der Waals surface area contributed by atoms with E-state index in [-0.39, 0.29) is 5.41 Å². The molecule has 0 aliphatic heterocycles. The minimum Gasteiger partial charge on any atom is -0.465 e. The van der Waals surface area contributed by atoms with Gasteiger partial charge >= 0.3 is 5.97 Å². The van der Waals surface area contributed by atoms with E-state index < -0.39 is 5.97 Å². The van der Waals surface area contributed by atoms with Crippen LogP contribution >= 0.6 is 11.6 Å². The summed E-state index contributed by atoms with van der Waals surface area (Å²) in [7, 11) is 1.35. The van der Waals surface area contributed by atoms with E-state index in [1.54, 1.807) is 6.07 Å². The fourth-order valence-corrected chi connectivity index (χ4v) is 2.83. The molecule has 0 spiro atoms. The van der Waals surface area contributed by atoms with Crippen LogP contribution in [0.2, 0.25) is 5.02 Å². The van der Waals surface area contributed by atoms with Gasteiger partial charge in [0.05, 0.1) is 12.1 Å². The first-order valence-corrected chi connectivity index (χ1v) is 7.56. The van der Waals surface area contributed by atoms with Gasteiger partial charge in [-0.05, 0) is 43.7 Å². The zero-order valence-corrected chi connectivity index (χ0v) is 13.2. The average molecular weight is 312 g/mol. The Morgan fingerprint density at radius 1 is 1.57 bits per heavy atom. The van der Waals surface area contributed by atoms with E-state index in [2.05, 4.69) is 17.2 Å². The maximum atomic E-state index is 11.8. The number of halogens is 1. The molecular formula is C15H22ClN3O2. The molecule has 0 saturated heterocycles. The molecule has 21 heavy (non-hydrogen) atoms. The van der Waals surface area contributed by atoms with Crippen molar-refractivity contribution in [3.8, 4) is 0 Å². The van der Waals surface area contributed by atoms with Crippen LogP contribution in [0, 0.1) is 5.41 Å². The Morgan fingerprint density at radius 3 is 2.81 bits per heavy atom.